The smallest absolute Gasteiger partial charge is 0.163 e. The number of rotatable bonds is 1. The topological polar surface area (TPSA) is 53.1 Å². The van der Waals surface area contributed by atoms with Crippen molar-refractivity contribution in [2.45, 2.75) is 6.92 Å². The molecule has 1 heterocycles. The molecular formula is C10H9NO2. The van der Waals surface area contributed by atoms with Crippen molar-refractivity contribution in [1.82, 2.24) is 4.98 Å². The number of H-pyrrole nitrogens is 1. The van der Waals surface area contributed by atoms with Crippen LogP contribution in [0.3, 0.4) is 0 Å². The number of nitrogens with one attached hydrogen (secondary N) is 1. The van der Waals surface area contributed by atoms with Gasteiger partial charge in [0.15, 0.2) is 5.78 Å². The number of phenols is 1. The molecule has 0 amide bonds. The lowest BCUT2D eigenvalue weighted by Crippen LogP contribution is -1.91. The number of fused-ring (bicyclic) bond motifs is 1. The van der Waals surface area contributed by atoms with Gasteiger partial charge in [-0.05, 0) is 19.1 Å². The molecular weight excluding hydrogens is 166 g/mol. The fourth-order valence-corrected chi connectivity index (χ4v) is 1.37. The Morgan fingerprint density at radius 2 is 2.23 bits per heavy atom. The monoisotopic (exact) mass is 175 g/mol. The highest BCUT2D eigenvalue weighted by Gasteiger charge is 2.07. The number of hydrogen-bond donors (Lipinski definition) is 2. The summed E-state index contributed by atoms with van der Waals surface area (Å²) in [4.78, 5) is 14.0. The zero-order valence-electron chi connectivity index (χ0n) is 7.16. The van der Waals surface area contributed by atoms with E-state index in [2.05, 4.69) is 4.98 Å². The fourth-order valence-electron chi connectivity index (χ4n) is 1.37. The number of carbonyl (C=O) groups excluding carboxylic acids is 1. The molecule has 1 aromatic heterocycles. The van der Waals surface area contributed by atoms with Crippen LogP contribution in [0.5, 0.6) is 5.75 Å². The summed E-state index contributed by atoms with van der Waals surface area (Å²) < 4.78 is 0. The molecule has 0 unspecified atom stereocenters. The van der Waals surface area contributed by atoms with E-state index in [0.29, 0.717) is 5.56 Å². The van der Waals surface area contributed by atoms with Crippen LogP contribution in [0.2, 0.25) is 0 Å². The highest BCUT2D eigenvalue weighted by Crippen LogP contribution is 2.24. The number of aromatic amines is 1. The number of ketones is 1. The predicted molar refractivity (Wildman–Crippen MR) is 50.0 cm³/mol. The zero-order valence-corrected chi connectivity index (χ0v) is 7.16. The van der Waals surface area contributed by atoms with Crippen molar-refractivity contribution in [3.8, 4) is 5.75 Å². The molecule has 3 nitrogen and oxygen atoms in total. The number of carbonyl (C=O) groups is 1. The Morgan fingerprint density at radius 1 is 1.46 bits per heavy atom. The van der Waals surface area contributed by atoms with E-state index < -0.39 is 0 Å². The number of benzene rings is 1. The fraction of sp³-hybridized carbons (Fsp3) is 0.100. The van der Waals surface area contributed by atoms with Gasteiger partial charge in [0.1, 0.15) is 5.75 Å². The zero-order chi connectivity index (χ0) is 9.42. The molecule has 0 atom stereocenters. The van der Waals surface area contributed by atoms with Crippen molar-refractivity contribution >= 4 is 16.7 Å². The lowest BCUT2D eigenvalue weighted by atomic mass is 10.1. The molecule has 0 saturated heterocycles. The summed E-state index contributed by atoms with van der Waals surface area (Å²) in [6.07, 6.45) is 1.77. The number of aromatic hydroxyl groups is 1. The average molecular weight is 175 g/mol. The molecule has 0 spiro atoms. The van der Waals surface area contributed by atoms with Crippen LogP contribution < -0.4 is 0 Å². The maximum Gasteiger partial charge on any atom is 0.163 e. The second kappa shape index (κ2) is 2.62. The van der Waals surface area contributed by atoms with E-state index in [1.54, 1.807) is 18.3 Å². The van der Waals surface area contributed by atoms with Gasteiger partial charge < -0.3 is 10.1 Å². The summed E-state index contributed by atoms with van der Waals surface area (Å²) in [5.41, 5.74) is 1.20. The molecule has 1 aromatic carbocycles. The number of hydrogen-bond acceptors (Lipinski definition) is 2. The van der Waals surface area contributed by atoms with E-state index in [4.69, 9.17) is 0 Å². The van der Waals surface area contributed by atoms with Crippen LogP contribution >= 0.6 is 0 Å². The van der Waals surface area contributed by atoms with Gasteiger partial charge in [-0.15, -0.1) is 0 Å². The Hall–Kier alpha value is -1.77. The third-order valence-corrected chi connectivity index (χ3v) is 2.05. The molecule has 2 N–H and O–H groups in total. The molecule has 2 aromatic rings. The molecule has 3 heteroatoms. The Bertz CT molecular complexity index is 471. The summed E-state index contributed by atoms with van der Waals surface area (Å²) in [6, 6.07) is 5.11. The van der Waals surface area contributed by atoms with E-state index in [1.165, 1.54) is 6.92 Å². The number of phenolic OH excluding ortho intramolecular Hbond substituents is 1. The first-order valence-electron chi connectivity index (χ1n) is 3.99. The van der Waals surface area contributed by atoms with Crippen molar-refractivity contribution < 1.29 is 9.90 Å². The van der Waals surface area contributed by atoms with Gasteiger partial charge in [0, 0.05) is 23.2 Å². The first-order valence-corrected chi connectivity index (χ1v) is 3.99. The summed E-state index contributed by atoms with van der Waals surface area (Å²) in [6.45, 7) is 1.44. The van der Waals surface area contributed by atoms with Gasteiger partial charge in [-0.1, -0.05) is 0 Å². The average Bonchev–Trinajstić information content (AvgIpc) is 2.48. The normalized spacial score (nSPS) is 10.5. The molecule has 0 aliphatic carbocycles. The van der Waals surface area contributed by atoms with Crippen molar-refractivity contribution in [2.75, 3.05) is 0 Å². The SMILES string of the molecule is CC(=O)c1cc2cc[nH]c2cc1O. The Morgan fingerprint density at radius 3 is 2.92 bits per heavy atom. The standard InChI is InChI=1S/C10H9NO2/c1-6(12)8-4-7-2-3-11-9(7)5-10(8)13/h2-5,11,13H,1H3. The number of aromatic nitrogens is 1. The molecule has 0 aliphatic rings. The summed E-state index contributed by atoms with van der Waals surface area (Å²) in [5, 5.41) is 10.4. The lowest BCUT2D eigenvalue weighted by Gasteiger charge is -1.99. The van der Waals surface area contributed by atoms with Crippen molar-refractivity contribution in [2.24, 2.45) is 0 Å². The van der Waals surface area contributed by atoms with Gasteiger partial charge in [0.25, 0.3) is 0 Å². The predicted octanol–water partition coefficient (Wildman–Crippen LogP) is 2.08. The minimum Gasteiger partial charge on any atom is -0.507 e. The van der Waals surface area contributed by atoms with Gasteiger partial charge in [-0.25, -0.2) is 0 Å². The molecule has 0 aliphatic heterocycles. The van der Waals surface area contributed by atoms with Gasteiger partial charge in [-0.2, -0.15) is 0 Å². The Kier molecular flexibility index (Phi) is 1.59. The summed E-state index contributed by atoms with van der Waals surface area (Å²) >= 11 is 0. The van der Waals surface area contributed by atoms with E-state index in [-0.39, 0.29) is 11.5 Å². The highest BCUT2D eigenvalue weighted by atomic mass is 16.3. The van der Waals surface area contributed by atoms with Crippen molar-refractivity contribution in [3.63, 3.8) is 0 Å². The van der Waals surface area contributed by atoms with E-state index >= 15 is 0 Å². The maximum atomic E-state index is 11.1. The van der Waals surface area contributed by atoms with Crippen LogP contribution in [0.4, 0.5) is 0 Å². The third kappa shape index (κ3) is 1.18. The van der Waals surface area contributed by atoms with Crippen molar-refractivity contribution in [3.05, 3.63) is 30.0 Å². The van der Waals surface area contributed by atoms with E-state index in [1.807, 2.05) is 6.07 Å². The molecule has 0 fully saturated rings. The first kappa shape index (κ1) is 7.86. The third-order valence-electron chi connectivity index (χ3n) is 2.05. The van der Waals surface area contributed by atoms with Crippen LogP contribution in [0.15, 0.2) is 24.4 Å². The minimum absolute atomic E-state index is 0.0300. The van der Waals surface area contributed by atoms with Crippen LogP contribution in [0, 0.1) is 0 Å². The highest BCUT2D eigenvalue weighted by molar-refractivity contribution is 6.00. The van der Waals surface area contributed by atoms with E-state index in [9.17, 15) is 9.90 Å². The van der Waals surface area contributed by atoms with E-state index in [0.717, 1.165) is 10.9 Å². The van der Waals surface area contributed by atoms with Crippen LogP contribution in [-0.2, 0) is 0 Å². The second-order valence-electron chi connectivity index (χ2n) is 2.99. The van der Waals surface area contributed by atoms with Gasteiger partial charge in [-0.3, -0.25) is 4.79 Å². The molecule has 0 radical (unpaired) electrons. The van der Waals surface area contributed by atoms with Gasteiger partial charge in [0.2, 0.25) is 0 Å². The summed E-state index contributed by atoms with van der Waals surface area (Å²) in [5.74, 6) is -0.0944. The maximum absolute atomic E-state index is 11.1. The first-order chi connectivity index (χ1) is 6.18. The van der Waals surface area contributed by atoms with Crippen LogP contribution in [0.25, 0.3) is 10.9 Å². The Balaban J connectivity index is 2.76. The van der Waals surface area contributed by atoms with Crippen molar-refractivity contribution in [1.29, 1.82) is 0 Å². The molecule has 0 bridgehead atoms. The number of Topliss-reactive ketones (excluding diaryl/α,β-unsaturated/α-hetero) is 1. The van der Waals surface area contributed by atoms with Crippen LogP contribution in [-0.4, -0.2) is 15.9 Å². The second-order valence-corrected chi connectivity index (χ2v) is 2.99. The molecule has 2 rings (SSSR count). The largest absolute Gasteiger partial charge is 0.507 e. The molecule has 0 saturated carbocycles. The Labute approximate surface area is 75.0 Å². The minimum atomic E-state index is -0.124. The van der Waals surface area contributed by atoms with Gasteiger partial charge in [0.05, 0.1) is 5.56 Å². The van der Waals surface area contributed by atoms with Crippen LogP contribution in [0.1, 0.15) is 17.3 Å². The van der Waals surface area contributed by atoms with Gasteiger partial charge >= 0.3 is 0 Å². The molecule has 13 heavy (non-hydrogen) atoms. The lowest BCUT2D eigenvalue weighted by molar-refractivity contribution is 0.101. The quantitative estimate of drug-likeness (QED) is 0.652. The molecule has 66 valence electrons. The summed E-state index contributed by atoms with van der Waals surface area (Å²) in [7, 11) is 0.